The Kier molecular flexibility index (Phi) is 3.87. The van der Waals surface area contributed by atoms with Crippen LogP contribution in [0.5, 0.6) is 0 Å². The zero-order chi connectivity index (χ0) is 16.0. The van der Waals surface area contributed by atoms with Gasteiger partial charge < -0.3 is 14.6 Å². The molecule has 4 fully saturated rings. The van der Waals surface area contributed by atoms with Crippen LogP contribution in [-0.4, -0.2) is 29.9 Å². The predicted octanol–water partition coefficient (Wildman–Crippen LogP) is 2.97. The van der Waals surface area contributed by atoms with Gasteiger partial charge in [0.1, 0.15) is 0 Å². The molecular weight excluding hydrogens is 296 g/mol. The molecule has 5 atom stereocenters. The van der Waals surface area contributed by atoms with Gasteiger partial charge in [-0.05, 0) is 62.2 Å². The molecule has 5 heteroatoms. The van der Waals surface area contributed by atoms with Crippen molar-refractivity contribution in [3.8, 4) is 0 Å². The fourth-order valence-electron chi connectivity index (χ4n) is 5.99. The minimum Gasteiger partial charge on any atom is -0.480 e. The highest BCUT2D eigenvalue weighted by molar-refractivity contribution is 5.99. The third kappa shape index (κ3) is 2.39. The summed E-state index contributed by atoms with van der Waals surface area (Å²) in [6.07, 6.45) is 8.96. The molecule has 4 rings (SSSR count). The lowest BCUT2D eigenvalue weighted by Gasteiger charge is -2.31. The molecule has 128 valence electrons. The molecule has 4 saturated carbocycles. The molecule has 0 radical (unpaired) electrons. The van der Waals surface area contributed by atoms with Crippen molar-refractivity contribution in [1.29, 1.82) is 0 Å². The quantitative estimate of drug-likeness (QED) is 0.478. The Morgan fingerprint density at radius 1 is 1.00 bits per heavy atom. The Balaban J connectivity index is 1.29. The van der Waals surface area contributed by atoms with Crippen LogP contribution >= 0.6 is 0 Å². The molecule has 0 amide bonds. The van der Waals surface area contributed by atoms with Gasteiger partial charge in [0.05, 0.1) is 6.10 Å². The lowest BCUT2D eigenvalue weighted by molar-refractivity contribution is -0.182. The molecule has 2 bridgehead atoms. The minimum atomic E-state index is -1.32. The van der Waals surface area contributed by atoms with Gasteiger partial charge in [-0.1, -0.05) is 19.3 Å². The number of carboxylic acids is 1. The third-order valence-corrected chi connectivity index (χ3v) is 7.10. The number of fused-ring (bicyclic) bond motifs is 5. The maximum absolute atomic E-state index is 12.2. The van der Waals surface area contributed by atoms with Crippen LogP contribution in [0, 0.1) is 29.1 Å². The summed E-state index contributed by atoms with van der Waals surface area (Å²) in [6.45, 7) is -0.0842. The number of carbonyl (C=O) groups excluding carboxylic acids is 1. The zero-order valence-electron chi connectivity index (χ0n) is 13.5. The molecular formula is C18H26O5. The summed E-state index contributed by atoms with van der Waals surface area (Å²) in [5.74, 6) is 1.50. The highest BCUT2D eigenvalue weighted by atomic mass is 16.7. The largest absolute Gasteiger partial charge is 0.480 e. The topological polar surface area (TPSA) is 72.8 Å². The van der Waals surface area contributed by atoms with Crippen LogP contribution in [0.3, 0.4) is 0 Å². The van der Waals surface area contributed by atoms with Crippen LogP contribution in [0.2, 0.25) is 0 Å². The van der Waals surface area contributed by atoms with E-state index in [1.807, 2.05) is 0 Å². The van der Waals surface area contributed by atoms with Crippen molar-refractivity contribution >= 4 is 11.9 Å². The molecule has 0 aromatic heterocycles. The Morgan fingerprint density at radius 2 is 1.74 bits per heavy atom. The van der Waals surface area contributed by atoms with E-state index >= 15 is 0 Å². The average Bonchev–Trinajstić information content (AvgIpc) is 3.28. The molecule has 0 saturated heterocycles. The van der Waals surface area contributed by atoms with Crippen molar-refractivity contribution < 1.29 is 24.2 Å². The summed E-state index contributed by atoms with van der Waals surface area (Å²) in [5, 5.41) is 9.39. The number of hydrogen-bond donors (Lipinski definition) is 1. The normalized spacial score (nSPS) is 40.3. The second-order valence-electron chi connectivity index (χ2n) is 8.00. The van der Waals surface area contributed by atoms with E-state index in [1.54, 1.807) is 0 Å². The van der Waals surface area contributed by atoms with Gasteiger partial charge in [-0.25, -0.2) is 0 Å². The summed E-state index contributed by atoms with van der Waals surface area (Å²) in [4.78, 5) is 23.7. The first-order valence-electron chi connectivity index (χ1n) is 9.14. The maximum Gasteiger partial charge on any atom is 0.325 e. The monoisotopic (exact) mass is 322 g/mol. The van der Waals surface area contributed by atoms with Crippen molar-refractivity contribution in [2.24, 2.45) is 29.1 Å². The van der Waals surface area contributed by atoms with E-state index < -0.39 is 17.4 Å². The Morgan fingerprint density at radius 3 is 2.48 bits per heavy atom. The van der Waals surface area contributed by atoms with Crippen LogP contribution < -0.4 is 0 Å². The number of hydrogen-bond acceptors (Lipinski definition) is 4. The van der Waals surface area contributed by atoms with Crippen molar-refractivity contribution in [2.45, 2.75) is 63.9 Å². The lowest BCUT2D eigenvalue weighted by Crippen LogP contribution is -2.39. The molecule has 4 aliphatic carbocycles. The van der Waals surface area contributed by atoms with E-state index in [0.717, 1.165) is 37.0 Å². The van der Waals surface area contributed by atoms with E-state index in [2.05, 4.69) is 0 Å². The van der Waals surface area contributed by atoms with E-state index in [4.69, 9.17) is 9.47 Å². The fourth-order valence-corrected chi connectivity index (χ4v) is 5.99. The average molecular weight is 322 g/mol. The number of aliphatic carboxylic acids is 1. The molecule has 0 aromatic carbocycles. The summed E-state index contributed by atoms with van der Waals surface area (Å²) in [6, 6.07) is 0. The lowest BCUT2D eigenvalue weighted by atomic mass is 9.80. The fraction of sp³-hybridized carbons (Fsp3) is 0.889. The van der Waals surface area contributed by atoms with Gasteiger partial charge >= 0.3 is 11.9 Å². The molecule has 5 nitrogen and oxygen atoms in total. The van der Waals surface area contributed by atoms with E-state index in [-0.39, 0.29) is 12.9 Å². The molecule has 4 aliphatic rings. The minimum absolute atomic E-state index is 0.0842. The number of rotatable bonds is 5. The highest BCUT2D eigenvalue weighted by Gasteiger charge is 2.54. The van der Waals surface area contributed by atoms with Crippen molar-refractivity contribution in [3.63, 3.8) is 0 Å². The van der Waals surface area contributed by atoms with Crippen LogP contribution in [0.1, 0.15) is 57.8 Å². The molecule has 5 unspecified atom stereocenters. The first kappa shape index (κ1) is 15.4. The van der Waals surface area contributed by atoms with Gasteiger partial charge in [-0.3, -0.25) is 9.59 Å². The number of ether oxygens (including phenoxy) is 2. The summed E-state index contributed by atoms with van der Waals surface area (Å²) in [7, 11) is 0. The summed E-state index contributed by atoms with van der Waals surface area (Å²) in [5.41, 5.74) is -1.32. The van der Waals surface area contributed by atoms with Crippen LogP contribution in [0.4, 0.5) is 0 Å². The second-order valence-corrected chi connectivity index (χ2v) is 8.00. The van der Waals surface area contributed by atoms with Crippen molar-refractivity contribution in [1.82, 2.24) is 0 Å². The molecule has 0 heterocycles. The summed E-state index contributed by atoms with van der Waals surface area (Å²) < 4.78 is 11.1. The molecule has 1 N–H and O–H groups in total. The van der Waals surface area contributed by atoms with Crippen LogP contribution in [0.25, 0.3) is 0 Å². The Labute approximate surface area is 136 Å². The van der Waals surface area contributed by atoms with E-state index in [9.17, 15) is 14.7 Å². The Hall–Kier alpha value is -1.10. The molecule has 0 aliphatic heterocycles. The van der Waals surface area contributed by atoms with Gasteiger partial charge in [0.15, 0.2) is 12.2 Å². The molecule has 23 heavy (non-hydrogen) atoms. The first-order valence-corrected chi connectivity index (χ1v) is 9.14. The summed E-state index contributed by atoms with van der Waals surface area (Å²) >= 11 is 0. The van der Waals surface area contributed by atoms with Crippen molar-refractivity contribution in [2.75, 3.05) is 6.79 Å². The second kappa shape index (κ2) is 5.76. The van der Waals surface area contributed by atoms with Crippen LogP contribution in [-0.2, 0) is 19.1 Å². The first-order chi connectivity index (χ1) is 11.1. The van der Waals surface area contributed by atoms with Gasteiger partial charge in [0, 0.05) is 0 Å². The standard InChI is InChI=1S/C18H26O5/c19-16(20)18(6-1-2-7-18)17(21)23-10-22-15-9-11-8-14(15)13-5-3-4-12(11)13/h11-15H,1-10H2,(H,19,20). The van der Waals surface area contributed by atoms with E-state index in [0.29, 0.717) is 18.8 Å². The smallest absolute Gasteiger partial charge is 0.325 e. The number of carbonyl (C=O) groups is 2. The number of carboxylic acid groups (broad SMARTS) is 1. The van der Waals surface area contributed by atoms with Gasteiger partial charge in [0.25, 0.3) is 0 Å². The number of esters is 1. The molecule has 0 aromatic rings. The van der Waals surface area contributed by atoms with Gasteiger partial charge in [0.2, 0.25) is 0 Å². The maximum atomic E-state index is 12.2. The van der Waals surface area contributed by atoms with Gasteiger partial charge in [-0.2, -0.15) is 0 Å². The highest BCUT2D eigenvalue weighted by Crippen LogP contribution is 2.59. The molecule has 0 spiro atoms. The van der Waals surface area contributed by atoms with Crippen molar-refractivity contribution in [3.05, 3.63) is 0 Å². The predicted molar refractivity (Wildman–Crippen MR) is 81.4 cm³/mol. The Bertz CT molecular complexity index is 496. The van der Waals surface area contributed by atoms with E-state index in [1.165, 1.54) is 25.7 Å². The SMILES string of the molecule is O=C(O)C1(C(=O)OCOC2CC3CC2C2CCCC32)CCCC1. The zero-order valence-corrected chi connectivity index (χ0v) is 13.5. The van der Waals surface area contributed by atoms with Crippen LogP contribution in [0.15, 0.2) is 0 Å². The van der Waals surface area contributed by atoms with Gasteiger partial charge in [-0.15, -0.1) is 0 Å². The third-order valence-electron chi connectivity index (χ3n) is 7.10.